The smallest absolute Gasteiger partial charge is 0.305 e. The molecule has 0 bridgehead atoms. The number of para-hydroxylation sites is 2. The van der Waals surface area contributed by atoms with Crippen molar-refractivity contribution in [3.63, 3.8) is 0 Å². The number of carbonyl (C=O) groups is 3. The van der Waals surface area contributed by atoms with Crippen molar-refractivity contribution in [2.45, 2.75) is 31.9 Å². The lowest BCUT2D eigenvalue weighted by atomic mass is 10.1. The molecule has 2 heterocycles. The van der Waals surface area contributed by atoms with Gasteiger partial charge in [-0.2, -0.15) is 0 Å². The highest BCUT2D eigenvalue weighted by atomic mass is 32.1. The lowest BCUT2D eigenvalue weighted by Gasteiger charge is -2.32. The average molecular weight is 388 g/mol. The predicted octanol–water partition coefficient (Wildman–Crippen LogP) is 2.58. The SMILES string of the molecule is CC1Oc2ccccc2N(CCC(=O)NC(CC(=O)O)c2cccs2)C1=O. The molecule has 2 atom stereocenters. The third-order valence-corrected chi connectivity index (χ3v) is 5.22. The zero-order chi connectivity index (χ0) is 19.4. The predicted molar refractivity (Wildman–Crippen MR) is 101 cm³/mol. The fourth-order valence-corrected chi connectivity index (χ4v) is 3.73. The van der Waals surface area contributed by atoms with Gasteiger partial charge in [0.25, 0.3) is 5.91 Å². The van der Waals surface area contributed by atoms with Crippen LogP contribution < -0.4 is 15.0 Å². The Morgan fingerprint density at radius 2 is 2.07 bits per heavy atom. The summed E-state index contributed by atoms with van der Waals surface area (Å²) >= 11 is 1.39. The molecule has 1 aliphatic rings. The molecular weight excluding hydrogens is 368 g/mol. The summed E-state index contributed by atoms with van der Waals surface area (Å²) in [7, 11) is 0. The first-order chi connectivity index (χ1) is 13.0. The lowest BCUT2D eigenvalue weighted by Crippen LogP contribution is -2.46. The van der Waals surface area contributed by atoms with Crippen LogP contribution in [0.3, 0.4) is 0 Å². The van der Waals surface area contributed by atoms with Crippen molar-refractivity contribution in [1.29, 1.82) is 0 Å². The molecule has 0 saturated carbocycles. The minimum absolute atomic E-state index is 0.0638. The highest BCUT2D eigenvalue weighted by Crippen LogP contribution is 2.33. The third kappa shape index (κ3) is 4.46. The average Bonchev–Trinajstić information content (AvgIpc) is 3.16. The molecule has 0 saturated heterocycles. The van der Waals surface area contributed by atoms with Crippen LogP contribution >= 0.6 is 11.3 Å². The summed E-state index contributed by atoms with van der Waals surface area (Å²) < 4.78 is 5.58. The number of hydrogen-bond acceptors (Lipinski definition) is 5. The molecule has 2 unspecified atom stereocenters. The molecule has 2 aromatic rings. The van der Waals surface area contributed by atoms with Crippen LogP contribution in [-0.2, 0) is 14.4 Å². The van der Waals surface area contributed by atoms with Crippen LogP contribution in [-0.4, -0.2) is 35.5 Å². The fourth-order valence-electron chi connectivity index (χ4n) is 2.96. The van der Waals surface area contributed by atoms with Gasteiger partial charge in [-0.3, -0.25) is 14.4 Å². The largest absolute Gasteiger partial charge is 0.481 e. The molecule has 2 amide bonds. The Morgan fingerprint density at radius 1 is 1.30 bits per heavy atom. The molecule has 0 aliphatic carbocycles. The van der Waals surface area contributed by atoms with Crippen molar-refractivity contribution in [1.82, 2.24) is 5.32 Å². The quantitative estimate of drug-likeness (QED) is 0.760. The zero-order valence-corrected chi connectivity index (χ0v) is 15.6. The van der Waals surface area contributed by atoms with E-state index in [1.807, 2.05) is 17.5 Å². The van der Waals surface area contributed by atoms with E-state index in [0.717, 1.165) is 4.88 Å². The minimum atomic E-state index is -0.986. The van der Waals surface area contributed by atoms with Gasteiger partial charge in [-0.05, 0) is 30.5 Å². The summed E-state index contributed by atoms with van der Waals surface area (Å²) in [5, 5.41) is 13.7. The molecule has 142 valence electrons. The first kappa shape index (κ1) is 18.9. The van der Waals surface area contributed by atoms with Gasteiger partial charge in [0.2, 0.25) is 5.91 Å². The van der Waals surface area contributed by atoms with Crippen molar-refractivity contribution in [3.8, 4) is 5.75 Å². The maximum atomic E-state index is 12.4. The number of carbonyl (C=O) groups excluding carboxylic acids is 2. The Bertz CT molecular complexity index is 836. The van der Waals surface area contributed by atoms with E-state index >= 15 is 0 Å². The van der Waals surface area contributed by atoms with E-state index in [2.05, 4.69) is 5.32 Å². The lowest BCUT2D eigenvalue weighted by molar-refractivity contribution is -0.137. The number of anilines is 1. The van der Waals surface area contributed by atoms with Gasteiger partial charge in [-0.1, -0.05) is 18.2 Å². The number of fused-ring (bicyclic) bond motifs is 1. The van der Waals surface area contributed by atoms with Gasteiger partial charge in [0.05, 0.1) is 18.2 Å². The molecular formula is C19H20N2O5S. The van der Waals surface area contributed by atoms with Crippen LogP contribution in [0.1, 0.15) is 30.7 Å². The van der Waals surface area contributed by atoms with E-state index in [1.165, 1.54) is 11.3 Å². The van der Waals surface area contributed by atoms with Crippen LogP contribution in [0.2, 0.25) is 0 Å². The zero-order valence-electron chi connectivity index (χ0n) is 14.8. The number of rotatable bonds is 7. The fraction of sp³-hybridized carbons (Fsp3) is 0.316. The first-order valence-electron chi connectivity index (χ1n) is 8.57. The number of aliphatic carboxylic acids is 1. The molecule has 1 aromatic heterocycles. The Morgan fingerprint density at radius 3 is 2.78 bits per heavy atom. The molecule has 0 radical (unpaired) electrons. The van der Waals surface area contributed by atoms with Crippen molar-refractivity contribution >= 4 is 34.8 Å². The Kier molecular flexibility index (Phi) is 5.75. The number of nitrogens with zero attached hydrogens (tertiary/aromatic N) is 1. The Labute approximate surface area is 160 Å². The highest BCUT2D eigenvalue weighted by molar-refractivity contribution is 7.10. The molecule has 3 rings (SSSR count). The summed E-state index contributed by atoms with van der Waals surface area (Å²) in [4.78, 5) is 38.3. The number of hydrogen-bond donors (Lipinski definition) is 2. The van der Waals surface area contributed by atoms with Gasteiger partial charge in [0.1, 0.15) is 5.75 Å². The van der Waals surface area contributed by atoms with Crippen LogP contribution in [0.5, 0.6) is 5.75 Å². The third-order valence-electron chi connectivity index (χ3n) is 4.24. The first-order valence-corrected chi connectivity index (χ1v) is 9.45. The van der Waals surface area contributed by atoms with Crippen LogP contribution in [0.15, 0.2) is 41.8 Å². The second-order valence-corrected chi connectivity index (χ2v) is 7.18. The molecule has 2 N–H and O–H groups in total. The Hall–Kier alpha value is -2.87. The number of benzene rings is 1. The second-order valence-electron chi connectivity index (χ2n) is 6.20. The molecule has 1 aromatic carbocycles. The number of nitrogens with one attached hydrogen (secondary N) is 1. The summed E-state index contributed by atoms with van der Waals surface area (Å²) in [6, 6.07) is 10.2. The number of amides is 2. The van der Waals surface area contributed by atoms with Gasteiger partial charge in [0, 0.05) is 17.8 Å². The minimum Gasteiger partial charge on any atom is -0.481 e. The summed E-state index contributed by atoms with van der Waals surface area (Å²) in [6.07, 6.45) is -0.745. The molecule has 8 heteroatoms. The maximum absolute atomic E-state index is 12.4. The highest BCUT2D eigenvalue weighted by Gasteiger charge is 2.31. The number of carboxylic acids is 1. The van der Waals surface area contributed by atoms with Crippen molar-refractivity contribution < 1.29 is 24.2 Å². The van der Waals surface area contributed by atoms with Gasteiger partial charge in [-0.25, -0.2) is 0 Å². The monoisotopic (exact) mass is 388 g/mol. The number of carboxylic acid groups (broad SMARTS) is 1. The van der Waals surface area contributed by atoms with E-state index in [1.54, 1.807) is 36.1 Å². The standard InChI is InChI=1S/C19H20N2O5S/c1-12-19(25)21(14-5-2-3-6-15(14)26-12)9-8-17(22)20-13(11-18(23)24)16-7-4-10-27-16/h2-7,10,12-13H,8-9,11H2,1H3,(H,20,22)(H,23,24). The van der Waals surface area contributed by atoms with Crippen molar-refractivity contribution in [2.24, 2.45) is 0 Å². The molecule has 1 aliphatic heterocycles. The second kappa shape index (κ2) is 8.22. The van der Waals surface area contributed by atoms with Crippen LogP contribution in [0.4, 0.5) is 5.69 Å². The Balaban J connectivity index is 1.66. The number of thiophene rings is 1. The van der Waals surface area contributed by atoms with E-state index < -0.39 is 18.1 Å². The van der Waals surface area contributed by atoms with Gasteiger partial charge >= 0.3 is 5.97 Å². The summed E-state index contributed by atoms with van der Waals surface area (Å²) in [5.74, 6) is -0.895. The van der Waals surface area contributed by atoms with Crippen LogP contribution in [0, 0.1) is 0 Å². The molecule has 27 heavy (non-hydrogen) atoms. The maximum Gasteiger partial charge on any atom is 0.305 e. The number of ether oxygens (including phenoxy) is 1. The summed E-state index contributed by atoms with van der Waals surface area (Å²) in [6.45, 7) is 1.87. The van der Waals surface area contributed by atoms with Gasteiger partial charge in [0.15, 0.2) is 6.10 Å². The van der Waals surface area contributed by atoms with E-state index in [9.17, 15) is 14.4 Å². The van der Waals surface area contributed by atoms with Crippen LogP contribution in [0.25, 0.3) is 0 Å². The van der Waals surface area contributed by atoms with Crippen molar-refractivity contribution in [3.05, 3.63) is 46.7 Å². The normalized spacial score (nSPS) is 17.0. The van der Waals surface area contributed by atoms with Crippen molar-refractivity contribution in [2.75, 3.05) is 11.4 Å². The molecule has 7 nitrogen and oxygen atoms in total. The molecule has 0 spiro atoms. The van der Waals surface area contributed by atoms with E-state index in [0.29, 0.717) is 11.4 Å². The van der Waals surface area contributed by atoms with E-state index in [4.69, 9.17) is 9.84 Å². The molecule has 0 fully saturated rings. The van der Waals surface area contributed by atoms with Gasteiger partial charge in [-0.15, -0.1) is 11.3 Å². The topological polar surface area (TPSA) is 95.9 Å². The van der Waals surface area contributed by atoms with E-state index in [-0.39, 0.29) is 31.2 Å². The van der Waals surface area contributed by atoms with Gasteiger partial charge < -0.3 is 20.1 Å². The summed E-state index contributed by atoms with van der Waals surface area (Å²) in [5.41, 5.74) is 0.633.